The Bertz CT molecular complexity index is 468. The molecule has 0 fully saturated rings. The lowest BCUT2D eigenvalue weighted by atomic mass is 10.2. The van der Waals surface area contributed by atoms with Crippen LogP contribution in [0.3, 0.4) is 0 Å². The summed E-state index contributed by atoms with van der Waals surface area (Å²) in [6, 6.07) is 0. The van der Waals surface area contributed by atoms with Crippen LogP contribution in [-0.4, -0.2) is 10.9 Å². The van der Waals surface area contributed by atoms with Gasteiger partial charge in [-0.05, 0) is 6.92 Å². The second-order valence-electron chi connectivity index (χ2n) is 3.58. The zero-order valence-electron chi connectivity index (χ0n) is 10.0. The van der Waals surface area contributed by atoms with Crippen LogP contribution in [0.5, 0.6) is 0 Å². The number of allylic oxidation sites excluding steroid dienone is 5. The minimum Gasteiger partial charge on any atom is -0.446 e. The van der Waals surface area contributed by atoms with Gasteiger partial charge in [0.05, 0.1) is 6.20 Å². The van der Waals surface area contributed by atoms with Crippen molar-refractivity contribution in [2.45, 2.75) is 20.3 Å². The van der Waals surface area contributed by atoms with E-state index in [0.29, 0.717) is 17.9 Å². The molecule has 1 aromatic heterocycles. The minimum absolute atomic E-state index is 0.407. The number of amides is 1. The number of primary amides is 1. The normalized spacial score (nSPS) is 12.7. The van der Waals surface area contributed by atoms with E-state index in [1.54, 1.807) is 25.3 Å². The average Bonchev–Trinajstić information content (AvgIpc) is 2.68. The van der Waals surface area contributed by atoms with Gasteiger partial charge < -0.3 is 10.2 Å². The number of carbonyl (C=O) groups excluding carboxylic acids is 1. The van der Waals surface area contributed by atoms with Crippen LogP contribution in [0.15, 0.2) is 46.6 Å². The molecule has 17 heavy (non-hydrogen) atoms. The van der Waals surface area contributed by atoms with E-state index in [0.717, 1.165) is 5.76 Å². The van der Waals surface area contributed by atoms with Crippen molar-refractivity contribution in [3.05, 3.63) is 53.8 Å². The Morgan fingerprint density at radius 1 is 1.47 bits per heavy atom. The van der Waals surface area contributed by atoms with Crippen molar-refractivity contribution in [2.24, 2.45) is 5.73 Å². The second-order valence-corrected chi connectivity index (χ2v) is 3.58. The minimum atomic E-state index is -0.407. The van der Waals surface area contributed by atoms with Crippen molar-refractivity contribution in [2.75, 3.05) is 0 Å². The standard InChI is InChI=1S/C13H16N2O2/c1-10(13(14)16)7-5-3-4-6-8-12-9-15-11(2)17-12/h3-7,9H,8H2,1-2H3,(H2,14,16)/b5-3-,6-4+,10-7-. The summed E-state index contributed by atoms with van der Waals surface area (Å²) in [4.78, 5) is 14.7. The lowest BCUT2D eigenvalue weighted by molar-refractivity contribution is -0.114. The van der Waals surface area contributed by atoms with E-state index in [2.05, 4.69) is 4.98 Å². The molecule has 1 aromatic rings. The van der Waals surface area contributed by atoms with Gasteiger partial charge in [0.1, 0.15) is 5.76 Å². The van der Waals surface area contributed by atoms with Gasteiger partial charge in [-0.2, -0.15) is 0 Å². The Morgan fingerprint density at radius 3 is 2.82 bits per heavy atom. The topological polar surface area (TPSA) is 69.1 Å². The molecule has 0 aliphatic heterocycles. The Hall–Kier alpha value is -2.10. The highest BCUT2D eigenvalue weighted by Gasteiger charge is 1.95. The summed E-state index contributed by atoms with van der Waals surface area (Å²) in [6.45, 7) is 3.48. The predicted molar refractivity (Wildman–Crippen MR) is 66.2 cm³/mol. The van der Waals surface area contributed by atoms with E-state index in [1.165, 1.54) is 0 Å². The van der Waals surface area contributed by atoms with E-state index >= 15 is 0 Å². The number of hydrogen-bond acceptors (Lipinski definition) is 3. The first-order chi connectivity index (χ1) is 8.09. The summed E-state index contributed by atoms with van der Waals surface area (Å²) in [5, 5.41) is 0. The van der Waals surface area contributed by atoms with Gasteiger partial charge in [0.15, 0.2) is 5.89 Å². The molecular formula is C13H16N2O2. The van der Waals surface area contributed by atoms with E-state index in [1.807, 2.05) is 25.2 Å². The number of carbonyl (C=O) groups is 1. The van der Waals surface area contributed by atoms with E-state index in [9.17, 15) is 4.79 Å². The lowest BCUT2D eigenvalue weighted by Gasteiger charge is -1.88. The van der Waals surface area contributed by atoms with E-state index in [4.69, 9.17) is 10.2 Å². The lowest BCUT2D eigenvalue weighted by Crippen LogP contribution is -2.11. The van der Waals surface area contributed by atoms with Gasteiger partial charge in [0.2, 0.25) is 5.91 Å². The van der Waals surface area contributed by atoms with Gasteiger partial charge in [0, 0.05) is 18.9 Å². The van der Waals surface area contributed by atoms with Crippen LogP contribution in [0.1, 0.15) is 18.6 Å². The predicted octanol–water partition coefficient (Wildman–Crippen LogP) is 2.07. The Morgan fingerprint density at radius 2 is 2.24 bits per heavy atom. The van der Waals surface area contributed by atoms with Gasteiger partial charge in [-0.25, -0.2) is 4.98 Å². The number of aromatic nitrogens is 1. The third-order valence-electron chi connectivity index (χ3n) is 2.08. The maximum atomic E-state index is 10.7. The number of aryl methyl sites for hydroxylation is 1. The van der Waals surface area contributed by atoms with Crippen molar-refractivity contribution >= 4 is 5.91 Å². The molecule has 1 rings (SSSR count). The molecule has 0 aliphatic carbocycles. The van der Waals surface area contributed by atoms with Crippen molar-refractivity contribution in [1.82, 2.24) is 4.98 Å². The fraction of sp³-hybridized carbons (Fsp3) is 0.231. The SMILES string of the molecule is C/C(=C/C=C\C=C\Cc1cnc(C)o1)C(N)=O. The molecule has 90 valence electrons. The summed E-state index contributed by atoms with van der Waals surface area (Å²) in [5.41, 5.74) is 5.60. The molecule has 0 spiro atoms. The van der Waals surface area contributed by atoms with Gasteiger partial charge in [0.25, 0.3) is 0 Å². The van der Waals surface area contributed by atoms with Crippen molar-refractivity contribution in [3.8, 4) is 0 Å². The number of hydrogen-bond donors (Lipinski definition) is 1. The Balaban J connectivity index is 2.38. The van der Waals surface area contributed by atoms with Crippen LogP contribution in [0.25, 0.3) is 0 Å². The average molecular weight is 232 g/mol. The molecule has 1 amide bonds. The molecule has 0 bridgehead atoms. The summed E-state index contributed by atoms with van der Waals surface area (Å²) >= 11 is 0. The molecule has 4 heteroatoms. The molecule has 0 aliphatic rings. The molecule has 0 radical (unpaired) electrons. The maximum absolute atomic E-state index is 10.7. The van der Waals surface area contributed by atoms with Crippen LogP contribution in [-0.2, 0) is 11.2 Å². The van der Waals surface area contributed by atoms with Gasteiger partial charge in [-0.3, -0.25) is 4.79 Å². The molecule has 0 unspecified atom stereocenters. The zero-order chi connectivity index (χ0) is 12.7. The van der Waals surface area contributed by atoms with Crippen LogP contribution in [0, 0.1) is 6.92 Å². The van der Waals surface area contributed by atoms with Crippen LogP contribution >= 0.6 is 0 Å². The quantitative estimate of drug-likeness (QED) is 0.624. The summed E-state index contributed by atoms with van der Waals surface area (Å²) in [5.74, 6) is 1.09. The van der Waals surface area contributed by atoms with Gasteiger partial charge in [-0.15, -0.1) is 0 Å². The number of rotatable bonds is 5. The highest BCUT2D eigenvalue weighted by atomic mass is 16.3. The van der Waals surface area contributed by atoms with E-state index in [-0.39, 0.29) is 0 Å². The first-order valence-electron chi connectivity index (χ1n) is 5.31. The third kappa shape index (κ3) is 4.97. The molecule has 2 N–H and O–H groups in total. The highest BCUT2D eigenvalue weighted by Crippen LogP contribution is 2.03. The monoisotopic (exact) mass is 232 g/mol. The second kappa shape index (κ2) is 6.48. The van der Waals surface area contributed by atoms with Crippen molar-refractivity contribution in [1.29, 1.82) is 0 Å². The fourth-order valence-corrected chi connectivity index (χ4v) is 1.11. The van der Waals surface area contributed by atoms with Crippen LogP contribution in [0.4, 0.5) is 0 Å². The molecule has 0 aromatic carbocycles. The number of nitrogens with two attached hydrogens (primary N) is 1. The molecular weight excluding hydrogens is 216 g/mol. The summed E-state index contributed by atoms with van der Waals surface area (Å²) in [7, 11) is 0. The number of oxazole rings is 1. The Labute approximate surface area is 101 Å². The molecule has 0 atom stereocenters. The fourth-order valence-electron chi connectivity index (χ4n) is 1.11. The molecule has 4 nitrogen and oxygen atoms in total. The number of nitrogens with zero attached hydrogens (tertiary/aromatic N) is 1. The largest absolute Gasteiger partial charge is 0.446 e. The van der Waals surface area contributed by atoms with Gasteiger partial charge >= 0.3 is 0 Å². The summed E-state index contributed by atoms with van der Waals surface area (Å²) < 4.78 is 5.30. The highest BCUT2D eigenvalue weighted by molar-refractivity contribution is 5.91. The van der Waals surface area contributed by atoms with Gasteiger partial charge in [-0.1, -0.05) is 30.4 Å². The van der Waals surface area contributed by atoms with Crippen molar-refractivity contribution in [3.63, 3.8) is 0 Å². The van der Waals surface area contributed by atoms with Crippen LogP contribution < -0.4 is 5.73 Å². The first kappa shape index (κ1) is 13.0. The smallest absolute Gasteiger partial charge is 0.244 e. The maximum Gasteiger partial charge on any atom is 0.244 e. The molecule has 0 saturated carbocycles. The van der Waals surface area contributed by atoms with Crippen molar-refractivity contribution < 1.29 is 9.21 Å². The van der Waals surface area contributed by atoms with E-state index < -0.39 is 5.91 Å². The van der Waals surface area contributed by atoms with Crippen LogP contribution in [0.2, 0.25) is 0 Å². The zero-order valence-corrected chi connectivity index (χ0v) is 10.0. The first-order valence-corrected chi connectivity index (χ1v) is 5.31. The summed E-state index contributed by atoms with van der Waals surface area (Å²) in [6.07, 6.45) is 11.5. The molecule has 0 saturated heterocycles. The third-order valence-corrected chi connectivity index (χ3v) is 2.08. The molecule has 1 heterocycles. The Kier molecular flexibility index (Phi) is 4.94.